The summed E-state index contributed by atoms with van der Waals surface area (Å²) in [5, 5.41) is 0. The number of alkyl halides is 3. The number of halogens is 3. The lowest BCUT2D eigenvalue weighted by Crippen LogP contribution is -2.46. The van der Waals surface area contributed by atoms with Gasteiger partial charge in [0.25, 0.3) is 0 Å². The van der Waals surface area contributed by atoms with E-state index in [1.165, 1.54) is 12.1 Å². The fourth-order valence-corrected chi connectivity index (χ4v) is 3.24. The maximum absolute atomic E-state index is 13.3. The van der Waals surface area contributed by atoms with Crippen LogP contribution in [-0.4, -0.2) is 55.5 Å². The van der Waals surface area contributed by atoms with Gasteiger partial charge in [0.1, 0.15) is 6.10 Å². The lowest BCUT2D eigenvalue weighted by atomic mass is 10.1. The Balaban J connectivity index is 1.81. The first-order chi connectivity index (χ1) is 13.3. The molecule has 0 amide bonds. The van der Waals surface area contributed by atoms with Crippen molar-refractivity contribution in [3.8, 4) is 0 Å². The van der Waals surface area contributed by atoms with E-state index in [9.17, 15) is 18.0 Å². The molecule has 1 aliphatic heterocycles. The molecule has 0 aromatic heterocycles. The minimum absolute atomic E-state index is 0.442. The first-order valence-corrected chi connectivity index (χ1v) is 9.17. The highest BCUT2D eigenvalue weighted by molar-refractivity contribution is 5.91. The predicted molar refractivity (Wildman–Crippen MR) is 100.0 cm³/mol. The summed E-state index contributed by atoms with van der Waals surface area (Å²) in [7, 11) is 2.04. The Kier molecular flexibility index (Phi) is 6.36. The Labute approximate surface area is 162 Å². The Morgan fingerprint density at radius 3 is 2.25 bits per heavy atom. The number of rotatable bonds is 5. The van der Waals surface area contributed by atoms with Crippen LogP contribution in [0.3, 0.4) is 0 Å². The van der Waals surface area contributed by atoms with E-state index in [-0.39, 0.29) is 0 Å². The van der Waals surface area contributed by atoms with E-state index >= 15 is 0 Å². The molecule has 1 atom stereocenters. The van der Waals surface area contributed by atoms with Crippen LogP contribution in [0.1, 0.15) is 27.6 Å². The number of ether oxygens (including phenoxy) is 1. The lowest BCUT2D eigenvalue weighted by Gasteiger charge is -2.34. The van der Waals surface area contributed by atoms with Gasteiger partial charge in [0, 0.05) is 32.7 Å². The van der Waals surface area contributed by atoms with E-state index in [1.807, 2.05) is 37.4 Å². The molecule has 0 N–H and O–H groups in total. The molecule has 3 rings (SSSR count). The van der Waals surface area contributed by atoms with Crippen LogP contribution in [0, 0.1) is 0 Å². The number of esters is 1. The van der Waals surface area contributed by atoms with Gasteiger partial charge in [-0.1, -0.05) is 42.5 Å². The average Bonchev–Trinajstić information content (AvgIpc) is 2.69. The maximum atomic E-state index is 13.3. The third-order valence-corrected chi connectivity index (χ3v) is 4.89. The molecule has 0 spiro atoms. The van der Waals surface area contributed by atoms with Crippen LogP contribution in [-0.2, 0) is 10.9 Å². The normalized spacial score (nSPS) is 17.3. The number of benzene rings is 2. The summed E-state index contributed by atoms with van der Waals surface area (Å²) in [6.45, 7) is 3.86. The van der Waals surface area contributed by atoms with Crippen molar-refractivity contribution in [1.29, 1.82) is 0 Å². The summed E-state index contributed by atoms with van der Waals surface area (Å²) in [5.41, 5.74) is -0.681. The molecule has 1 unspecified atom stereocenters. The summed E-state index contributed by atoms with van der Waals surface area (Å²) in [4.78, 5) is 17.0. The van der Waals surface area contributed by atoms with Gasteiger partial charge in [0.2, 0.25) is 0 Å². The second-order valence-corrected chi connectivity index (χ2v) is 6.95. The highest BCUT2D eigenvalue weighted by Crippen LogP contribution is 2.33. The minimum Gasteiger partial charge on any atom is -0.453 e. The summed E-state index contributed by atoms with van der Waals surface area (Å²) in [6.07, 6.45) is -5.26. The zero-order valence-electron chi connectivity index (χ0n) is 15.7. The molecule has 2 aromatic rings. The van der Waals surface area contributed by atoms with Crippen LogP contribution in [0.15, 0.2) is 54.6 Å². The van der Waals surface area contributed by atoms with Crippen molar-refractivity contribution in [2.45, 2.75) is 12.3 Å². The molecule has 2 aromatic carbocycles. The van der Waals surface area contributed by atoms with Crippen LogP contribution >= 0.6 is 0 Å². The number of likely N-dealkylation sites (N-methyl/N-ethyl adjacent to an activating group) is 1. The van der Waals surface area contributed by atoms with Crippen LogP contribution in [0.2, 0.25) is 0 Å². The van der Waals surface area contributed by atoms with Crippen molar-refractivity contribution in [2.24, 2.45) is 0 Å². The summed E-state index contributed by atoms with van der Waals surface area (Å²) < 4.78 is 45.4. The van der Waals surface area contributed by atoms with Crippen LogP contribution < -0.4 is 0 Å². The van der Waals surface area contributed by atoms with E-state index in [4.69, 9.17) is 4.74 Å². The highest BCUT2D eigenvalue weighted by atomic mass is 19.4. The first-order valence-electron chi connectivity index (χ1n) is 9.17. The van der Waals surface area contributed by atoms with Gasteiger partial charge in [0.05, 0.1) is 11.1 Å². The summed E-state index contributed by atoms with van der Waals surface area (Å²) in [5.74, 6) is -0.962. The molecule has 1 aliphatic rings. The molecule has 0 aliphatic carbocycles. The summed E-state index contributed by atoms with van der Waals surface area (Å²) in [6, 6.07) is 13.9. The molecule has 1 saturated heterocycles. The predicted octanol–water partition coefficient (Wildman–Crippen LogP) is 3.85. The third kappa shape index (κ3) is 5.11. The van der Waals surface area contributed by atoms with E-state index in [2.05, 4.69) is 9.80 Å². The first kappa shape index (κ1) is 20.4. The average molecular weight is 392 g/mol. The van der Waals surface area contributed by atoms with Crippen molar-refractivity contribution < 1.29 is 22.7 Å². The van der Waals surface area contributed by atoms with E-state index in [0.29, 0.717) is 6.54 Å². The molecule has 150 valence electrons. The number of hydrogen-bond donors (Lipinski definition) is 0. The number of carbonyl (C=O) groups excluding carboxylic acids is 1. The smallest absolute Gasteiger partial charge is 0.417 e. The van der Waals surface area contributed by atoms with Crippen molar-refractivity contribution in [1.82, 2.24) is 9.80 Å². The second-order valence-electron chi connectivity index (χ2n) is 6.95. The largest absolute Gasteiger partial charge is 0.453 e. The Bertz CT molecular complexity index is 788. The van der Waals surface area contributed by atoms with Crippen molar-refractivity contribution in [3.63, 3.8) is 0 Å². The van der Waals surface area contributed by atoms with Gasteiger partial charge in [-0.15, -0.1) is 0 Å². The Morgan fingerprint density at radius 2 is 1.61 bits per heavy atom. The molecular formula is C21H23F3N2O2. The third-order valence-electron chi connectivity index (χ3n) is 4.89. The van der Waals surface area contributed by atoms with Crippen molar-refractivity contribution >= 4 is 5.97 Å². The van der Waals surface area contributed by atoms with Gasteiger partial charge in [-0.05, 0) is 24.7 Å². The zero-order chi connectivity index (χ0) is 20.1. The van der Waals surface area contributed by atoms with Gasteiger partial charge in [-0.25, -0.2) is 4.79 Å². The molecule has 0 radical (unpaired) electrons. The lowest BCUT2D eigenvalue weighted by molar-refractivity contribution is -0.138. The fourth-order valence-electron chi connectivity index (χ4n) is 3.24. The van der Waals surface area contributed by atoms with E-state index in [1.54, 1.807) is 0 Å². The molecule has 7 heteroatoms. The highest BCUT2D eigenvalue weighted by Gasteiger charge is 2.36. The topological polar surface area (TPSA) is 32.8 Å². The molecule has 0 bridgehead atoms. The number of hydrogen-bond acceptors (Lipinski definition) is 4. The van der Waals surface area contributed by atoms with Crippen LogP contribution in [0.4, 0.5) is 13.2 Å². The van der Waals surface area contributed by atoms with Crippen molar-refractivity contribution in [2.75, 3.05) is 39.8 Å². The fraction of sp³-hybridized carbons (Fsp3) is 0.381. The Hall–Kier alpha value is -2.38. The SMILES string of the molecule is CN1CCN(CC(OC(=O)c2ccccc2C(F)(F)F)c2ccccc2)CC1. The monoisotopic (exact) mass is 392 g/mol. The Morgan fingerprint density at radius 1 is 1.00 bits per heavy atom. The van der Waals surface area contributed by atoms with Crippen molar-refractivity contribution in [3.05, 3.63) is 71.3 Å². The second kappa shape index (κ2) is 8.75. The van der Waals surface area contributed by atoms with Gasteiger partial charge in [-0.3, -0.25) is 4.90 Å². The van der Waals surface area contributed by atoms with Crippen LogP contribution in [0.25, 0.3) is 0 Å². The van der Waals surface area contributed by atoms with Gasteiger partial charge in [-0.2, -0.15) is 13.2 Å². The number of piperazine rings is 1. The molecular weight excluding hydrogens is 369 g/mol. The van der Waals surface area contributed by atoms with E-state index in [0.717, 1.165) is 43.9 Å². The molecule has 4 nitrogen and oxygen atoms in total. The zero-order valence-corrected chi connectivity index (χ0v) is 15.7. The van der Waals surface area contributed by atoms with Gasteiger partial charge in [0.15, 0.2) is 0 Å². The molecule has 0 saturated carbocycles. The standard InChI is InChI=1S/C21H23F3N2O2/c1-25-11-13-26(14-12-25)15-19(16-7-3-2-4-8-16)28-20(27)17-9-5-6-10-18(17)21(22,23)24/h2-10,19H,11-15H2,1H3. The number of carbonyl (C=O) groups is 1. The quantitative estimate of drug-likeness (QED) is 0.724. The van der Waals surface area contributed by atoms with Gasteiger partial charge >= 0.3 is 12.1 Å². The molecule has 1 fully saturated rings. The van der Waals surface area contributed by atoms with Crippen LogP contribution in [0.5, 0.6) is 0 Å². The molecule has 1 heterocycles. The van der Waals surface area contributed by atoms with Gasteiger partial charge < -0.3 is 9.64 Å². The van der Waals surface area contributed by atoms with E-state index < -0.39 is 29.4 Å². The molecule has 28 heavy (non-hydrogen) atoms. The number of nitrogens with zero attached hydrogens (tertiary/aromatic N) is 2. The minimum atomic E-state index is -4.62. The summed E-state index contributed by atoms with van der Waals surface area (Å²) >= 11 is 0. The maximum Gasteiger partial charge on any atom is 0.417 e.